The summed E-state index contributed by atoms with van der Waals surface area (Å²) >= 11 is 0. The summed E-state index contributed by atoms with van der Waals surface area (Å²) in [6, 6.07) is 22.1. The highest BCUT2D eigenvalue weighted by molar-refractivity contribution is 5.97. The van der Waals surface area contributed by atoms with E-state index in [9.17, 15) is 4.79 Å². The number of imidazole rings is 1. The number of para-hydroxylation sites is 2. The standard InChI is InChI=1S/C29H31N3O3/c1-20-9-14-26(21(2)17-20)32-19-22(18-28(32)33)29-30-25-7-4-5-8-27(25)31(29)15-6-16-35-24-12-10-23(34-3)11-13-24/h4-5,7-14,17,22H,6,15-16,18-19H2,1-3H3. The van der Waals surface area contributed by atoms with Crippen LogP contribution in [0.2, 0.25) is 0 Å². The van der Waals surface area contributed by atoms with Gasteiger partial charge in [0.15, 0.2) is 0 Å². The molecule has 0 radical (unpaired) electrons. The van der Waals surface area contributed by atoms with Crippen molar-refractivity contribution in [3.63, 3.8) is 0 Å². The Morgan fingerprint density at radius 2 is 1.77 bits per heavy atom. The summed E-state index contributed by atoms with van der Waals surface area (Å²) in [7, 11) is 1.65. The van der Waals surface area contributed by atoms with Crippen molar-refractivity contribution in [1.29, 1.82) is 0 Å². The molecule has 1 fully saturated rings. The van der Waals surface area contributed by atoms with Crippen LogP contribution in [-0.4, -0.2) is 35.7 Å². The summed E-state index contributed by atoms with van der Waals surface area (Å²) in [5.74, 6) is 2.83. The van der Waals surface area contributed by atoms with E-state index in [1.807, 2.05) is 47.4 Å². The molecular weight excluding hydrogens is 438 g/mol. The van der Waals surface area contributed by atoms with Crippen LogP contribution in [0.1, 0.15) is 35.7 Å². The van der Waals surface area contributed by atoms with Crippen LogP contribution in [-0.2, 0) is 11.3 Å². The van der Waals surface area contributed by atoms with E-state index in [-0.39, 0.29) is 11.8 Å². The number of aromatic nitrogens is 2. The highest BCUT2D eigenvalue weighted by atomic mass is 16.5. The molecule has 2 heterocycles. The SMILES string of the molecule is COc1ccc(OCCCn2c(C3CC(=O)N(c4ccc(C)cc4C)C3)nc3ccccc32)cc1. The number of carbonyl (C=O) groups is 1. The van der Waals surface area contributed by atoms with Crippen LogP contribution in [0.3, 0.4) is 0 Å². The molecule has 35 heavy (non-hydrogen) atoms. The monoisotopic (exact) mass is 469 g/mol. The number of carbonyl (C=O) groups excluding carboxylic acids is 1. The molecule has 0 N–H and O–H groups in total. The van der Waals surface area contributed by atoms with E-state index >= 15 is 0 Å². The average molecular weight is 470 g/mol. The predicted molar refractivity (Wildman–Crippen MR) is 138 cm³/mol. The van der Waals surface area contributed by atoms with E-state index < -0.39 is 0 Å². The van der Waals surface area contributed by atoms with E-state index in [0.29, 0.717) is 19.6 Å². The maximum atomic E-state index is 13.0. The molecule has 1 aliphatic rings. The molecule has 1 unspecified atom stereocenters. The molecular formula is C29H31N3O3. The van der Waals surface area contributed by atoms with Gasteiger partial charge in [-0.05, 0) is 68.3 Å². The Hall–Kier alpha value is -3.80. The zero-order valence-corrected chi connectivity index (χ0v) is 20.5. The predicted octanol–water partition coefficient (Wildman–Crippen LogP) is 5.65. The lowest BCUT2D eigenvalue weighted by atomic mass is 10.1. The normalized spacial score (nSPS) is 15.7. The minimum atomic E-state index is 0.0538. The van der Waals surface area contributed by atoms with Gasteiger partial charge in [0.05, 0.1) is 24.8 Å². The zero-order chi connectivity index (χ0) is 24.4. The third kappa shape index (κ3) is 4.74. The lowest BCUT2D eigenvalue weighted by Gasteiger charge is -2.20. The number of rotatable bonds is 8. The minimum absolute atomic E-state index is 0.0538. The summed E-state index contributed by atoms with van der Waals surface area (Å²) < 4.78 is 13.4. The topological polar surface area (TPSA) is 56.6 Å². The van der Waals surface area contributed by atoms with Crippen LogP contribution in [0, 0.1) is 13.8 Å². The van der Waals surface area contributed by atoms with Crippen LogP contribution >= 0.6 is 0 Å². The van der Waals surface area contributed by atoms with Crippen molar-refractivity contribution < 1.29 is 14.3 Å². The molecule has 4 aromatic rings. The molecule has 1 aromatic heterocycles. The van der Waals surface area contributed by atoms with Gasteiger partial charge in [-0.15, -0.1) is 0 Å². The fourth-order valence-electron chi connectivity index (χ4n) is 4.95. The van der Waals surface area contributed by atoms with Gasteiger partial charge in [-0.2, -0.15) is 0 Å². The van der Waals surface area contributed by atoms with E-state index in [4.69, 9.17) is 14.5 Å². The number of methoxy groups -OCH3 is 1. The third-order valence-corrected chi connectivity index (χ3v) is 6.67. The fraction of sp³-hybridized carbons (Fsp3) is 0.310. The molecule has 0 aliphatic carbocycles. The second-order valence-corrected chi connectivity index (χ2v) is 9.18. The largest absolute Gasteiger partial charge is 0.497 e. The Labute approximate surface area is 206 Å². The number of hydrogen-bond donors (Lipinski definition) is 0. The Morgan fingerprint density at radius 1 is 1.00 bits per heavy atom. The smallest absolute Gasteiger partial charge is 0.227 e. The number of benzene rings is 3. The summed E-state index contributed by atoms with van der Waals surface area (Å²) in [5.41, 5.74) is 5.40. The Balaban J connectivity index is 1.33. The summed E-state index contributed by atoms with van der Waals surface area (Å²) in [4.78, 5) is 20.0. The Bertz CT molecular complexity index is 1340. The quantitative estimate of drug-likeness (QED) is 0.313. The first kappa shape index (κ1) is 23.0. The van der Waals surface area contributed by atoms with E-state index in [1.54, 1.807) is 7.11 Å². The molecule has 0 saturated carbocycles. The van der Waals surface area contributed by atoms with E-state index in [2.05, 4.69) is 42.7 Å². The fourth-order valence-corrected chi connectivity index (χ4v) is 4.95. The van der Waals surface area contributed by atoms with Gasteiger partial charge in [0.1, 0.15) is 17.3 Å². The molecule has 6 nitrogen and oxygen atoms in total. The van der Waals surface area contributed by atoms with Crippen molar-refractivity contribution in [2.24, 2.45) is 0 Å². The molecule has 0 spiro atoms. The molecule has 1 amide bonds. The van der Waals surface area contributed by atoms with Gasteiger partial charge < -0.3 is 18.9 Å². The van der Waals surface area contributed by atoms with Crippen molar-refractivity contribution in [2.75, 3.05) is 25.2 Å². The van der Waals surface area contributed by atoms with Gasteiger partial charge in [0, 0.05) is 31.1 Å². The molecule has 6 heteroatoms. The van der Waals surface area contributed by atoms with Crippen LogP contribution in [0.15, 0.2) is 66.7 Å². The van der Waals surface area contributed by atoms with Crippen LogP contribution in [0.5, 0.6) is 11.5 Å². The molecule has 0 bridgehead atoms. The highest BCUT2D eigenvalue weighted by Gasteiger charge is 2.35. The van der Waals surface area contributed by atoms with E-state index in [1.165, 1.54) is 5.56 Å². The van der Waals surface area contributed by atoms with Gasteiger partial charge >= 0.3 is 0 Å². The molecule has 3 aromatic carbocycles. The first-order valence-corrected chi connectivity index (χ1v) is 12.1. The molecule has 1 saturated heterocycles. The second kappa shape index (κ2) is 9.82. The van der Waals surface area contributed by atoms with E-state index in [0.717, 1.165) is 52.6 Å². The van der Waals surface area contributed by atoms with Gasteiger partial charge in [0.25, 0.3) is 0 Å². The van der Waals surface area contributed by atoms with Crippen LogP contribution in [0.4, 0.5) is 5.69 Å². The van der Waals surface area contributed by atoms with Gasteiger partial charge in [-0.3, -0.25) is 4.79 Å². The van der Waals surface area contributed by atoms with Crippen molar-refractivity contribution in [2.45, 2.75) is 39.2 Å². The lowest BCUT2D eigenvalue weighted by molar-refractivity contribution is -0.117. The second-order valence-electron chi connectivity index (χ2n) is 9.18. The minimum Gasteiger partial charge on any atom is -0.497 e. The average Bonchev–Trinajstić information content (AvgIpc) is 3.42. The van der Waals surface area contributed by atoms with Crippen LogP contribution in [0.25, 0.3) is 11.0 Å². The number of aryl methyl sites for hydroxylation is 3. The number of amides is 1. The number of ether oxygens (including phenoxy) is 2. The highest BCUT2D eigenvalue weighted by Crippen LogP contribution is 2.34. The number of hydrogen-bond acceptors (Lipinski definition) is 4. The summed E-state index contributed by atoms with van der Waals surface area (Å²) in [5, 5.41) is 0. The number of nitrogens with zero attached hydrogens (tertiary/aromatic N) is 3. The third-order valence-electron chi connectivity index (χ3n) is 6.67. The molecule has 5 rings (SSSR count). The first-order chi connectivity index (χ1) is 17.0. The maximum Gasteiger partial charge on any atom is 0.227 e. The van der Waals surface area contributed by atoms with Gasteiger partial charge in [-0.1, -0.05) is 29.8 Å². The van der Waals surface area contributed by atoms with Crippen molar-refractivity contribution >= 4 is 22.6 Å². The molecule has 1 atom stereocenters. The summed E-state index contributed by atoms with van der Waals surface area (Å²) in [6.45, 7) is 6.16. The number of fused-ring (bicyclic) bond motifs is 1. The van der Waals surface area contributed by atoms with Gasteiger partial charge in [0.2, 0.25) is 5.91 Å². The maximum absolute atomic E-state index is 13.0. The van der Waals surface area contributed by atoms with Crippen molar-refractivity contribution in [3.8, 4) is 11.5 Å². The van der Waals surface area contributed by atoms with Gasteiger partial charge in [-0.25, -0.2) is 4.98 Å². The Kier molecular flexibility index (Phi) is 6.45. The summed E-state index contributed by atoms with van der Waals surface area (Å²) in [6.07, 6.45) is 1.31. The van der Waals surface area contributed by atoms with Crippen molar-refractivity contribution in [1.82, 2.24) is 9.55 Å². The molecule has 1 aliphatic heterocycles. The zero-order valence-electron chi connectivity index (χ0n) is 20.5. The number of anilines is 1. The lowest BCUT2D eigenvalue weighted by Crippen LogP contribution is -2.25. The van der Waals surface area contributed by atoms with Crippen molar-refractivity contribution in [3.05, 3.63) is 83.7 Å². The first-order valence-electron chi connectivity index (χ1n) is 12.1. The Morgan fingerprint density at radius 3 is 2.54 bits per heavy atom. The molecule has 180 valence electrons. The van der Waals surface area contributed by atoms with Crippen LogP contribution < -0.4 is 14.4 Å².